The molecule has 0 N–H and O–H groups in total. The minimum absolute atomic E-state index is 0.644. The molecule has 2 heteroatoms. The molecule has 1 atom stereocenters. The van der Waals surface area contributed by atoms with Crippen LogP contribution in [-0.2, 0) is 19.4 Å². The van der Waals surface area contributed by atoms with Crippen molar-refractivity contribution in [2.45, 2.75) is 97.9 Å². The van der Waals surface area contributed by atoms with Gasteiger partial charge in [-0.2, -0.15) is 0 Å². The van der Waals surface area contributed by atoms with Gasteiger partial charge in [0.2, 0.25) is 0 Å². The molecule has 1 saturated carbocycles. The van der Waals surface area contributed by atoms with Crippen molar-refractivity contribution >= 4 is 0 Å². The van der Waals surface area contributed by atoms with Crippen LogP contribution < -0.4 is 0 Å². The SMILES string of the molecule is C=C(C)CC(c1ccc(Cn2c(CCCC)nc(C)c2CC)cc1)C1CCCC1. The molecular formula is C27H40N2. The van der Waals surface area contributed by atoms with E-state index in [-0.39, 0.29) is 0 Å². The summed E-state index contributed by atoms with van der Waals surface area (Å²) in [5.74, 6) is 2.74. The smallest absolute Gasteiger partial charge is 0.109 e. The molecular weight excluding hydrogens is 352 g/mol. The van der Waals surface area contributed by atoms with Crippen LogP contribution in [0.1, 0.15) is 100.0 Å². The van der Waals surface area contributed by atoms with Crippen LogP contribution in [0.2, 0.25) is 0 Å². The fourth-order valence-electron chi connectivity index (χ4n) is 5.17. The van der Waals surface area contributed by atoms with E-state index < -0.39 is 0 Å². The van der Waals surface area contributed by atoms with Gasteiger partial charge in [0.15, 0.2) is 0 Å². The van der Waals surface area contributed by atoms with E-state index in [1.165, 1.54) is 72.4 Å². The van der Waals surface area contributed by atoms with Crippen molar-refractivity contribution in [2.75, 3.05) is 0 Å². The zero-order valence-electron chi connectivity index (χ0n) is 19.1. The molecule has 2 nitrogen and oxygen atoms in total. The van der Waals surface area contributed by atoms with Crippen LogP contribution in [0.5, 0.6) is 0 Å². The predicted molar refractivity (Wildman–Crippen MR) is 125 cm³/mol. The zero-order valence-corrected chi connectivity index (χ0v) is 19.1. The molecule has 1 aliphatic rings. The Hall–Kier alpha value is -1.83. The molecule has 0 bridgehead atoms. The summed E-state index contributed by atoms with van der Waals surface area (Å²) in [6.45, 7) is 14.0. The van der Waals surface area contributed by atoms with Crippen molar-refractivity contribution in [2.24, 2.45) is 5.92 Å². The first-order valence-electron chi connectivity index (χ1n) is 11.8. The average Bonchev–Trinajstić information content (AvgIpc) is 3.33. The molecule has 0 spiro atoms. The number of aryl methyl sites for hydroxylation is 2. The van der Waals surface area contributed by atoms with Gasteiger partial charge in [-0.3, -0.25) is 0 Å². The second-order valence-corrected chi connectivity index (χ2v) is 9.16. The van der Waals surface area contributed by atoms with Crippen molar-refractivity contribution in [1.82, 2.24) is 9.55 Å². The molecule has 1 aromatic carbocycles. The van der Waals surface area contributed by atoms with Crippen LogP contribution in [0.15, 0.2) is 36.4 Å². The third-order valence-electron chi connectivity index (χ3n) is 6.73. The van der Waals surface area contributed by atoms with Gasteiger partial charge in [0, 0.05) is 18.7 Å². The monoisotopic (exact) mass is 392 g/mol. The van der Waals surface area contributed by atoms with Crippen LogP contribution in [0.25, 0.3) is 0 Å². The lowest BCUT2D eigenvalue weighted by atomic mass is 9.81. The summed E-state index contributed by atoms with van der Waals surface area (Å²) < 4.78 is 2.47. The molecule has 1 heterocycles. The fourth-order valence-corrected chi connectivity index (χ4v) is 5.17. The summed E-state index contributed by atoms with van der Waals surface area (Å²) in [6, 6.07) is 9.49. The lowest BCUT2D eigenvalue weighted by Crippen LogP contribution is -2.11. The van der Waals surface area contributed by atoms with Crippen molar-refractivity contribution in [3.05, 3.63) is 64.8 Å². The van der Waals surface area contributed by atoms with Crippen molar-refractivity contribution in [3.8, 4) is 0 Å². The van der Waals surface area contributed by atoms with Gasteiger partial charge in [-0.1, -0.05) is 62.9 Å². The van der Waals surface area contributed by atoms with Crippen molar-refractivity contribution in [1.29, 1.82) is 0 Å². The van der Waals surface area contributed by atoms with Gasteiger partial charge in [-0.25, -0.2) is 4.98 Å². The van der Waals surface area contributed by atoms with E-state index in [9.17, 15) is 0 Å². The van der Waals surface area contributed by atoms with E-state index in [0.717, 1.165) is 31.7 Å². The number of rotatable bonds is 10. The average molecular weight is 393 g/mol. The Morgan fingerprint density at radius 3 is 2.45 bits per heavy atom. The number of nitrogens with zero attached hydrogens (tertiary/aromatic N) is 2. The molecule has 0 saturated heterocycles. The van der Waals surface area contributed by atoms with Gasteiger partial charge < -0.3 is 4.57 Å². The highest BCUT2D eigenvalue weighted by Gasteiger charge is 2.26. The molecule has 1 aliphatic carbocycles. The highest BCUT2D eigenvalue weighted by Crippen LogP contribution is 2.40. The number of allylic oxidation sites excluding steroid dienone is 1. The highest BCUT2D eigenvalue weighted by atomic mass is 15.1. The van der Waals surface area contributed by atoms with E-state index in [2.05, 4.69) is 63.1 Å². The van der Waals surface area contributed by atoms with E-state index in [0.29, 0.717) is 5.92 Å². The number of imidazole rings is 1. The molecule has 29 heavy (non-hydrogen) atoms. The fraction of sp³-hybridized carbons (Fsp3) is 0.593. The normalized spacial score (nSPS) is 15.7. The van der Waals surface area contributed by atoms with Gasteiger partial charge >= 0.3 is 0 Å². The van der Waals surface area contributed by atoms with Crippen LogP contribution in [0.3, 0.4) is 0 Å². The van der Waals surface area contributed by atoms with E-state index >= 15 is 0 Å². The first-order chi connectivity index (χ1) is 14.0. The van der Waals surface area contributed by atoms with Crippen LogP contribution in [0, 0.1) is 12.8 Å². The second kappa shape index (κ2) is 10.3. The number of hydrogen-bond donors (Lipinski definition) is 0. The summed E-state index contributed by atoms with van der Waals surface area (Å²) in [7, 11) is 0. The number of hydrogen-bond acceptors (Lipinski definition) is 1. The largest absolute Gasteiger partial charge is 0.327 e. The first-order valence-corrected chi connectivity index (χ1v) is 11.8. The lowest BCUT2D eigenvalue weighted by Gasteiger charge is -2.24. The predicted octanol–water partition coefficient (Wildman–Crippen LogP) is 7.38. The molecule has 158 valence electrons. The summed E-state index contributed by atoms with van der Waals surface area (Å²) in [5.41, 5.74) is 6.81. The second-order valence-electron chi connectivity index (χ2n) is 9.16. The first kappa shape index (κ1) is 21.9. The van der Waals surface area contributed by atoms with Gasteiger partial charge in [0.25, 0.3) is 0 Å². The lowest BCUT2D eigenvalue weighted by molar-refractivity contribution is 0.430. The minimum Gasteiger partial charge on any atom is -0.327 e. The number of unbranched alkanes of at least 4 members (excludes halogenated alkanes) is 1. The quantitative estimate of drug-likeness (QED) is 0.385. The van der Waals surface area contributed by atoms with Crippen molar-refractivity contribution < 1.29 is 0 Å². The van der Waals surface area contributed by atoms with E-state index in [1.807, 2.05) is 0 Å². The minimum atomic E-state index is 0.644. The molecule has 1 fully saturated rings. The molecule has 0 aliphatic heterocycles. The molecule has 2 aromatic rings. The van der Waals surface area contributed by atoms with Gasteiger partial charge in [-0.05, 0) is 68.9 Å². The Labute approximate surface area is 178 Å². The topological polar surface area (TPSA) is 17.8 Å². The molecule has 0 amide bonds. The Morgan fingerprint density at radius 2 is 1.86 bits per heavy atom. The van der Waals surface area contributed by atoms with Crippen LogP contribution >= 0.6 is 0 Å². The number of benzene rings is 1. The number of aromatic nitrogens is 2. The van der Waals surface area contributed by atoms with Crippen LogP contribution in [-0.4, -0.2) is 9.55 Å². The van der Waals surface area contributed by atoms with E-state index in [1.54, 1.807) is 0 Å². The maximum absolute atomic E-state index is 4.90. The highest BCUT2D eigenvalue weighted by molar-refractivity contribution is 5.29. The third-order valence-corrected chi connectivity index (χ3v) is 6.73. The zero-order chi connectivity index (χ0) is 20.8. The summed E-state index contributed by atoms with van der Waals surface area (Å²) >= 11 is 0. The maximum Gasteiger partial charge on any atom is 0.109 e. The van der Waals surface area contributed by atoms with Gasteiger partial charge in [-0.15, -0.1) is 6.58 Å². The molecule has 1 unspecified atom stereocenters. The summed E-state index contributed by atoms with van der Waals surface area (Å²) in [5, 5.41) is 0. The van der Waals surface area contributed by atoms with Crippen LogP contribution in [0.4, 0.5) is 0 Å². The molecule has 0 radical (unpaired) electrons. The molecule has 1 aromatic heterocycles. The summed E-state index contributed by atoms with van der Waals surface area (Å²) in [6.07, 6.45) is 11.2. The maximum atomic E-state index is 4.90. The summed E-state index contributed by atoms with van der Waals surface area (Å²) in [4.78, 5) is 4.90. The van der Waals surface area contributed by atoms with Gasteiger partial charge in [0.05, 0.1) is 5.69 Å². The Kier molecular flexibility index (Phi) is 7.75. The Balaban J connectivity index is 1.80. The standard InChI is InChI=1S/C27H40N2/c1-6-8-13-27-28-21(5)26(7-2)29(27)19-22-14-16-24(17-15-22)25(18-20(3)4)23-11-9-10-12-23/h14-17,23,25H,3,6-13,18-19H2,1-2,4-5H3. The van der Waals surface area contributed by atoms with Gasteiger partial charge in [0.1, 0.15) is 5.82 Å². The Morgan fingerprint density at radius 1 is 1.17 bits per heavy atom. The van der Waals surface area contributed by atoms with E-state index in [4.69, 9.17) is 4.98 Å². The van der Waals surface area contributed by atoms with Crippen molar-refractivity contribution in [3.63, 3.8) is 0 Å². The Bertz CT molecular complexity index is 791. The third kappa shape index (κ3) is 5.41. The molecule has 3 rings (SSSR count).